The first-order valence-electron chi connectivity index (χ1n) is 8.95. The third kappa shape index (κ3) is 7.00. The highest BCUT2D eigenvalue weighted by atomic mass is 16.3. The van der Waals surface area contributed by atoms with Gasteiger partial charge < -0.3 is 15.1 Å². The first kappa shape index (κ1) is 21.9. The predicted molar refractivity (Wildman–Crippen MR) is 102 cm³/mol. The van der Waals surface area contributed by atoms with Gasteiger partial charge in [0.15, 0.2) is 0 Å². The molecule has 0 spiro atoms. The average molecular weight is 365 g/mol. The highest BCUT2D eigenvalue weighted by Crippen LogP contribution is 2.39. The minimum atomic E-state index is -0.250. The number of hydrogen-bond acceptors (Lipinski definition) is 5. The number of hydrogen-bond donors (Lipinski definition) is 2. The van der Waals surface area contributed by atoms with Gasteiger partial charge in [0.1, 0.15) is 5.82 Å². The lowest BCUT2D eigenvalue weighted by Crippen LogP contribution is -2.50. The van der Waals surface area contributed by atoms with Crippen LogP contribution in [0.5, 0.6) is 0 Å². The quantitative estimate of drug-likeness (QED) is 0.778. The minimum Gasteiger partial charge on any atom is -0.483 e. The summed E-state index contributed by atoms with van der Waals surface area (Å²) < 4.78 is 0. The normalized spacial score (nSPS) is 21.7. The fourth-order valence-electron chi connectivity index (χ4n) is 3.73. The largest absolute Gasteiger partial charge is 0.483 e. The van der Waals surface area contributed by atoms with Crippen LogP contribution in [0, 0.1) is 12.3 Å². The maximum atomic E-state index is 8.36. The molecular formula is C19H31N3O4. The van der Waals surface area contributed by atoms with Crippen molar-refractivity contribution in [1.29, 1.82) is 0 Å². The Morgan fingerprint density at radius 3 is 2.15 bits per heavy atom. The van der Waals surface area contributed by atoms with E-state index in [0.717, 1.165) is 30.6 Å². The molecule has 1 unspecified atom stereocenters. The molecule has 0 radical (unpaired) electrons. The van der Waals surface area contributed by atoms with E-state index in [1.54, 1.807) is 0 Å². The number of aromatic nitrogens is 1. The Morgan fingerprint density at radius 1 is 1.12 bits per heavy atom. The number of carboxylic acid groups (broad SMARTS) is 2. The summed E-state index contributed by atoms with van der Waals surface area (Å²) in [5.74, 6) is 1.15. The van der Waals surface area contributed by atoms with Crippen LogP contribution in [0.4, 0.5) is 5.82 Å². The van der Waals surface area contributed by atoms with Crippen molar-refractivity contribution in [2.45, 2.75) is 46.1 Å². The van der Waals surface area contributed by atoms with Crippen molar-refractivity contribution in [2.24, 2.45) is 5.41 Å². The second-order valence-electron chi connectivity index (χ2n) is 7.43. The lowest BCUT2D eigenvalue weighted by Gasteiger charge is -2.39. The molecule has 1 atom stereocenters. The zero-order valence-electron chi connectivity index (χ0n) is 16.0. The third-order valence-electron chi connectivity index (χ3n) is 4.97. The van der Waals surface area contributed by atoms with Crippen LogP contribution in [0.25, 0.3) is 0 Å². The molecule has 0 amide bonds. The molecule has 1 aliphatic heterocycles. The van der Waals surface area contributed by atoms with Crippen molar-refractivity contribution in [3.8, 4) is 0 Å². The fraction of sp³-hybridized carbons (Fsp3) is 0.632. The van der Waals surface area contributed by atoms with E-state index in [9.17, 15) is 0 Å². The van der Waals surface area contributed by atoms with Crippen molar-refractivity contribution in [2.75, 3.05) is 31.1 Å². The van der Waals surface area contributed by atoms with Crippen LogP contribution in [-0.2, 0) is 9.59 Å². The topological polar surface area (TPSA) is 94.0 Å². The molecule has 26 heavy (non-hydrogen) atoms. The van der Waals surface area contributed by atoms with Gasteiger partial charge in [0.25, 0.3) is 12.9 Å². The summed E-state index contributed by atoms with van der Waals surface area (Å²) >= 11 is 0. The van der Waals surface area contributed by atoms with Crippen molar-refractivity contribution in [1.82, 2.24) is 9.88 Å². The second-order valence-corrected chi connectivity index (χ2v) is 7.43. The van der Waals surface area contributed by atoms with E-state index in [1.165, 1.54) is 32.4 Å². The Morgan fingerprint density at radius 2 is 1.69 bits per heavy atom. The first-order chi connectivity index (χ1) is 12.4. The number of pyridine rings is 1. The Kier molecular flexibility index (Phi) is 9.05. The van der Waals surface area contributed by atoms with Gasteiger partial charge in [-0.25, -0.2) is 4.98 Å². The lowest BCUT2D eigenvalue weighted by molar-refractivity contribution is -0.123. The van der Waals surface area contributed by atoms with Gasteiger partial charge in [0.05, 0.1) is 0 Å². The molecular weight excluding hydrogens is 334 g/mol. The van der Waals surface area contributed by atoms with Crippen LogP contribution in [0.3, 0.4) is 0 Å². The van der Waals surface area contributed by atoms with E-state index in [2.05, 4.69) is 53.8 Å². The van der Waals surface area contributed by atoms with E-state index in [-0.39, 0.29) is 12.9 Å². The molecule has 1 aromatic heterocycles. The molecule has 3 rings (SSSR count). The summed E-state index contributed by atoms with van der Waals surface area (Å²) in [4.78, 5) is 26.5. The first-order valence-corrected chi connectivity index (χ1v) is 8.95. The molecule has 7 heteroatoms. The van der Waals surface area contributed by atoms with E-state index in [4.69, 9.17) is 19.8 Å². The summed E-state index contributed by atoms with van der Waals surface area (Å²) in [7, 11) is 0. The SMILES string of the molecule is Cc1cccc(N2CCN(C3CCC(C)(C)C3)CC2)n1.O=CO.O=CO. The number of nitrogens with zero attached hydrogens (tertiary/aromatic N) is 3. The standard InChI is InChI=1S/C17H27N3.2CH2O2/c1-14-5-4-6-16(18-14)20-11-9-19(10-12-20)15-7-8-17(2,3)13-15;2*2-1-3/h4-6,15H,7-13H2,1-3H3;2*1H,(H,2,3). The number of anilines is 1. The van der Waals surface area contributed by atoms with E-state index in [0.29, 0.717) is 5.41 Å². The molecule has 2 fully saturated rings. The molecule has 1 saturated heterocycles. The smallest absolute Gasteiger partial charge is 0.290 e. The third-order valence-corrected chi connectivity index (χ3v) is 4.97. The van der Waals surface area contributed by atoms with Gasteiger partial charge in [-0.05, 0) is 43.7 Å². The molecule has 2 heterocycles. The van der Waals surface area contributed by atoms with Crippen molar-refractivity contribution in [3.63, 3.8) is 0 Å². The van der Waals surface area contributed by atoms with Gasteiger partial charge in [-0.15, -0.1) is 0 Å². The van der Waals surface area contributed by atoms with Crippen LogP contribution < -0.4 is 4.90 Å². The summed E-state index contributed by atoms with van der Waals surface area (Å²) in [6.07, 6.45) is 4.14. The Hall–Kier alpha value is -2.15. The molecule has 1 aliphatic carbocycles. The molecule has 1 saturated carbocycles. The van der Waals surface area contributed by atoms with Crippen LogP contribution in [0.2, 0.25) is 0 Å². The number of piperazine rings is 1. The zero-order valence-corrected chi connectivity index (χ0v) is 16.0. The summed E-state index contributed by atoms with van der Waals surface area (Å²) in [6.45, 7) is 11.0. The highest BCUT2D eigenvalue weighted by Gasteiger charge is 2.35. The van der Waals surface area contributed by atoms with Crippen LogP contribution >= 0.6 is 0 Å². The van der Waals surface area contributed by atoms with Crippen LogP contribution in [0.1, 0.15) is 38.8 Å². The van der Waals surface area contributed by atoms with Gasteiger partial charge in [0.2, 0.25) is 0 Å². The van der Waals surface area contributed by atoms with E-state index in [1.807, 2.05) is 0 Å². The molecule has 2 N–H and O–H groups in total. The van der Waals surface area contributed by atoms with E-state index < -0.39 is 0 Å². The van der Waals surface area contributed by atoms with Crippen molar-refractivity contribution < 1.29 is 19.8 Å². The Labute approximate surface area is 155 Å². The summed E-state index contributed by atoms with van der Waals surface area (Å²) in [5.41, 5.74) is 1.67. The Balaban J connectivity index is 0.000000499. The number of aryl methyl sites for hydroxylation is 1. The maximum Gasteiger partial charge on any atom is 0.290 e. The minimum absolute atomic E-state index is 0.250. The zero-order chi connectivity index (χ0) is 19.6. The molecule has 0 bridgehead atoms. The van der Waals surface area contributed by atoms with Crippen molar-refractivity contribution in [3.05, 3.63) is 23.9 Å². The van der Waals surface area contributed by atoms with Crippen molar-refractivity contribution >= 4 is 18.8 Å². The molecule has 146 valence electrons. The van der Waals surface area contributed by atoms with Gasteiger partial charge >= 0.3 is 0 Å². The lowest BCUT2D eigenvalue weighted by atomic mass is 9.91. The number of rotatable bonds is 2. The molecule has 1 aromatic rings. The van der Waals surface area contributed by atoms with Crippen LogP contribution in [-0.4, -0.2) is 65.3 Å². The molecule has 2 aliphatic rings. The summed E-state index contributed by atoms with van der Waals surface area (Å²) in [5, 5.41) is 13.8. The fourth-order valence-corrected chi connectivity index (χ4v) is 3.73. The maximum absolute atomic E-state index is 8.36. The van der Waals surface area contributed by atoms with E-state index >= 15 is 0 Å². The average Bonchev–Trinajstić information content (AvgIpc) is 2.96. The van der Waals surface area contributed by atoms with Gasteiger partial charge in [-0.3, -0.25) is 14.5 Å². The molecule has 0 aromatic carbocycles. The van der Waals surface area contributed by atoms with Crippen LogP contribution in [0.15, 0.2) is 18.2 Å². The molecule has 7 nitrogen and oxygen atoms in total. The highest BCUT2D eigenvalue weighted by molar-refractivity contribution is 5.39. The van der Waals surface area contributed by atoms with Gasteiger partial charge in [0, 0.05) is 37.9 Å². The second kappa shape index (κ2) is 10.8. The van der Waals surface area contributed by atoms with Gasteiger partial charge in [-0.2, -0.15) is 0 Å². The predicted octanol–water partition coefficient (Wildman–Crippen LogP) is 2.49. The Bertz CT molecular complexity index is 551. The monoisotopic (exact) mass is 365 g/mol. The number of carbonyl (C=O) groups is 2. The summed E-state index contributed by atoms with van der Waals surface area (Å²) in [6, 6.07) is 7.14. The van der Waals surface area contributed by atoms with Gasteiger partial charge in [-0.1, -0.05) is 19.9 Å².